The summed E-state index contributed by atoms with van der Waals surface area (Å²) >= 11 is 0. The minimum Gasteiger partial charge on any atom is -0.496 e. The first-order chi connectivity index (χ1) is 6.69. The summed E-state index contributed by atoms with van der Waals surface area (Å²) < 4.78 is 4.93. The highest BCUT2D eigenvalue weighted by Crippen LogP contribution is 2.19. The van der Waals surface area contributed by atoms with Gasteiger partial charge < -0.3 is 15.6 Å². The third-order valence-corrected chi connectivity index (χ3v) is 1.93. The molecule has 4 nitrogen and oxygen atoms in total. The van der Waals surface area contributed by atoms with Crippen molar-refractivity contribution in [3.05, 3.63) is 29.3 Å². The van der Waals surface area contributed by atoms with Gasteiger partial charge in [-0.25, -0.2) is 4.79 Å². The fraction of sp³-hybridized carbons (Fsp3) is 0.300. The highest BCUT2D eigenvalue weighted by Gasteiger charge is 2.10. The molecule has 0 spiro atoms. The molecule has 0 saturated heterocycles. The summed E-state index contributed by atoms with van der Waals surface area (Å²) in [6.07, 6.45) is 0.671. The molecule has 0 aliphatic heterocycles. The second-order valence-electron chi connectivity index (χ2n) is 2.88. The molecule has 0 aliphatic rings. The standard InChI is InChI=1S/C10H13NO3/c1-14-9-3-2-7(4-5-11)6-8(9)10(12)13/h2-3,6H,4-5,11H2,1H3,(H,12,13). The van der Waals surface area contributed by atoms with Gasteiger partial charge in [-0.1, -0.05) is 6.07 Å². The summed E-state index contributed by atoms with van der Waals surface area (Å²) in [4.78, 5) is 10.8. The van der Waals surface area contributed by atoms with E-state index in [1.807, 2.05) is 6.07 Å². The van der Waals surface area contributed by atoms with Gasteiger partial charge in [0, 0.05) is 0 Å². The van der Waals surface area contributed by atoms with Crippen LogP contribution < -0.4 is 10.5 Å². The molecule has 3 N–H and O–H groups in total. The Morgan fingerprint density at radius 3 is 2.79 bits per heavy atom. The van der Waals surface area contributed by atoms with Crippen LogP contribution in [0.4, 0.5) is 0 Å². The first-order valence-electron chi connectivity index (χ1n) is 4.29. The van der Waals surface area contributed by atoms with Crippen molar-refractivity contribution in [2.75, 3.05) is 13.7 Å². The van der Waals surface area contributed by atoms with Gasteiger partial charge in [0.1, 0.15) is 11.3 Å². The van der Waals surface area contributed by atoms with Gasteiger partial charge in [0.2, 0.25) is 0 Å². The largest absolute Gasteiger partial charge is 0.496 e. The lowest BCUT2D eigenvalue weighted by atomic mass is 10.1. The molecule has 0 saturated carbocycles. The van der Waals surface area contributed by atoms with E-state index >= 15 is 0 Å². The van der Waals surface area contributed by atoms with Gasteiger partial charge >= 0.3 is 5.97 Å². The van der Waals surface area contributed by atoms with Gasteiger partial charge in [-0.05, 0) is 30.7 Å². The lowest BCUT2D eigenvalue weighted by Gasteiger charge is -2.06. The molecular weight excluding hydrogens is 182 g/mol. The Balaban J connectivity index is 3.07. The minimum absolute atomic E-state index is 0.179. The molecule has 0 aliphatic carbocycles. The SMILES string of the molecule is COc1ccc(CCN)cc1C(=O)O. The van der Waals surface area contributed by atoms with E-state index in [-0.39, 0.29) is 5.56 Å². The minimum atomic E-state index is -0.985. The van der Waals surface area contributed by atoms with Gasteiger partial charge in [-0.15, -0.1) is 0 Å². The zero-order chi connectivity index (χ0) is 10.6. The summed E-state index contributed by atoms with van der Waals surface area (Å²) in [5.41, 5.74) is 6.47. The van der Waals surface area contributed by atoms with E-state index in [0.29, 0.717) is 18.7 Å². The first-order valence-corrected chi connectivity index (χ1v) is 4.29. The zero-order valence-electron chi connectivity index (χ0n) is 7.99. The number of benzene rings is 1. The number of hydrogen-bond donors (Lipinski definition) is 2. The third kappa shape index (κ3) is 2.23. The molecule has 1 aromatic carbocycles. The van der Waals surface area contributed by atoms with Gasteiger partial charge in [-0.3, -0.25) is 0 Å². The van der Waals surface area contributed by atoms with Crippen LogP contribution in [0.25, 0.3) is 0 Å². The molecule has 76 valence electrons. The molecule has 0 radical (unpaired) electrons. The summed E-state index contributed by atoms with van der Waals surface area (Å²) in [5, 5.41) is 8.88. The van der Waals surface area contributed by atoms with Crippen LogP contribution in [0.1, 0.15) is 15.9 Å². The van der Waals surface area contributed by atoms with Crippen LogP contribution in [0.15, 0.2) is 18.2 Å². The first kappa shape index (κ1) is 10.5. The lowest BCUT2D eigenvalue weighted by Crippen LogP contribution is -2.05. The zero-order valence-corrected chi connectivity index (χ0v) is 7.99. The molecule has 0 heterocycles. The number of rotatable bonds is 4. The highest BCUT2D eigenvalue weighted by molar-refractivity contribution is 5.91. The predicted octanol–water partition coefficient (Wildman–Crippen LogP) is 0.895. The van der Waals surface area contributed by atoms with Gasteiger partial charge in [0.05, 0.1) is 7.11 Å². The summed E-state index contributed by atoms with van der Waals surface area (Å²) in [5.74, 6) is -0.612. The second kappa shape index (κ2) is 4.62. The number of methoxy groups -OCH3 is 1. The topological polar surface area (TPSA) is 72.5 Å². The predicted molar refractivity (Wildman–Crippen MR) is 52.7 cm³/mol. The van der Waals surface area contributed by atoms with Crippen molar-refractivity contribution in [2.45, 2.75) is 6.42 Å². The maximum absolute atomic E-state index is 10.8. The number of aromatic carboxylic acids is 1. The Morgan fingerprint density at radius 2 is 2.29 bits per heavy atom. The number of hydrogen-bond acceptors (Lipinski definition) is 3. The maximum Gasteiger partial charge on any atom is 0.339 e. The van der Waals surface area contributed by atoms with E-state index in [1.165, 1.54) is 7.11 Å². The van der Waals surface area contributed by atoms with Crippen molar-refractivity contribution in [1.29, 1.82) is 0 Å². The maximum atomic E-state index is 10.8. The van der Waals surface area contributed by atoms with Gasteiger partial charge in [-0.2, -0.15) is 0 Å². The number of ether oxygens (including phenoxy) is 1. The Labute approximate surface area is 82.3 Å². The normalized spacial score (nSPS) is 9.86. The smallest absolute Gasteiger partial charge is 0.339 e. The van der Waals surface area contributed by atoms with Crippen molar-refractivity contribution >= 4 is 5.97 Å². The van der Waals surface area contributed by atoms with E-state index in [9.17, 15) is 4.79 Å². The summed E-state index contributed by atoms with van der Waals surface area (Å²) in [6, 6.07) is 5.06. The van der Waals surface area contributed by atoms with E-state index < -0.39 is 5.97 Å². The Bertz CT molecular complexity index is 336. The Hall–Kier alpha value is -1.55. The average Bonchev–Trinajstić information content (AvgIpc) is 2.18. The average molecular weight is 195 g/mol. The van der Waals surface area contributed by atoms with Crippen LogP contribution >= 0.6 is 0 Å². The molecule has 14 heavy (non-hydrogen) atoms. The Kier molecular flexibility index (Phi) is 3.48. The molecule has 0 amide bonds. The van der Waals surface area contributed by atoms with Crippen LogP contribution in [-0.4, -0.2) is 24.7 Å². The molecule has 1 aromatic rings. The monoisotopic (exact) mass is 195 g/mol. The van der Waals surface area contributed by atoms with Crippen molar-refractivity contribution in [3.63, 3.8) is 0 Å². The highest BCUT2D eigenvalue weighted by atomic mass is 16.5. The van der Waals surface area contributed by atoms with Crippen molar-refractivity contribution in [1.82, 2.24) is 0 Å². The second-order valence-corrected chi connectivity index (χ2v) is 2.88. The van der Waals surface area contributed by atoms with Gasteiger partial charge in [0.25, 0.3) is 0 Å². The fourth-order valence-electron chi connectivity index (χ4n) is 1.24. The molecule has 0 fully saturated rings. The van der Waals surface area contributed by atoms with Gasteiger partial charge in [0.15, 0.2) is 0 Å². The number of carbonyl (C=O) groups is 1. The fourth-order valence-corrected chi connectivity index (χ4v) is 1.24. The van der Waals surface area contributed by atoms with E-state index in [4.69, 9.17) is 15.6 Å². The Morgan fingerprint density at radius 1 is 1.57 bits per heavy atom. The molecular formula is C10H13NO3. The van der Waals surface area contributed by atoms with Crippen molar-refractivity contribution in [2.24, 2.45) is 5.73 Å². The lowest BCUT2D eigenvalue weighted by molar-refractivity contribution is 0.0693. The van der Waals surface area contributed by atoms with Crippen molar-refractivity contribution < 1.29 is 14.6 Å². The summed E-state index contributed by atoms with van der Waals surface area (Å²) in [6.45, 7) is 0.505. The molecule has 0 atom stereocenters. The van der Waals surface area contributed by atoms with Crippen LogP contribution in [-0.2, 0) is 6.42 Å². The molecule has 4 heteroatoms. The van der Waals surface area contributed by atoms with E-state index in [2.05, 4.69) is 0 Å². The number of nitrogens with two attached hydrogens (primary N) is 1. The molecule has 0 aromatic heterocycles. The van der Waals surface area contributed by atoms with Crippen LogP contribution in [0.5, 0.6) is 5.75 Å². The summed E-state index contributed by atoms with van der Waals surface area (Å²) in [7, 11) is 1.45. The third-order valence-electron chi connectivity index (χ3n) is 1.93. The van der Waals surface area contributed by atoms with Crippen molar-refractivity contribution in [3.8, 4) is 5.75 Å². The van der Waals surface area contributed by atoms with Crippen LogP contribution in [0, 0.1) is 0 Å². The number of carboxylic acids is 1. The quantitative estimate of drug-likeness (QED) is 0.748. The van der Waals surface area contributed by atoms with E-state index in [1.54, 1.807) is 12.1 Å². The number of carboxylic acid groups (broad SMARTS) is 1. The molecule has 0 unspecified atom stereocenters. The van der Waals surface area contributed by atoms with E-state index in [0.717, 1.165) is 5.56 Å². The molecule has 1 rings (SSSR count). The molecule has 0 bridgehead atoms. The van der Waals surface area contributed by atoms with Crippen LogP contribution in [0.3, 0.4) is 0 Å². The van der Waals surface area contributed by atoms with Crippen LogP contribution in [0.2, 0.25) is 0 Å².